The minimum atomic E-state index is 0.0801. The largest absolute Gasteiger partial charge is 0.367 e. The Morgan fingerprint density at radius 2 is 1.56 bits per heavy atom. The molecule has 0 bridgehead atoms. The maximum Gasteiger partial charge on any atom is 0.270 e. The highest BCUT2D eigenvalue weighted by Gasteiger charge is 2.29. The van der Waals surface area contributed by atoms with E-state index in [0.717, 1.165) is 49.5 Å². The van der Waals surface area contributed by atoms with Gasteiger partial charge in [0.05, 0.1) is 5.69 Å². The van der Waals surface area contributed by atoms with Crippen molar-refractivity contribution < 1.29 is 4.79 Å². The van der Waals surface area contributed by atoms with Crippen LogP contribution in [0.2, 0.25) is 0 Å². The quantitative estimate of drug-likeness (QED) is 0.506. The van der Waals surface area contributed by atoms with Crippen LogP contribution in [0.25, 0.3) is 0 Å². The van der Waals surface area contributed by atoms with Crippen molar-refractivity contribution in [3.8, 4) is 0 Å². The second-order valence-electron chi connectivity index (χ2n) is 9.49. The van der Waals surface area contributed by atoms with Gasteiger partial charge < -0.3 is 19.3 Å². The van der Waals surface area contributed by atoms with Gasteiger partial charge in [0.25, 0.3) is 5.91 Å². The van der Waals surface area contributed by atoms with Crippen molar-refractivity contribution in [2.45, 2.75) is 40.8 Å². The van der Waals surface area contributed by atoms with Crippen LogP contribution in [-0.2, 0) is 13.1 Å². The molecule has 0 unspecified atom stereocenters. The lowest BCUT2D eigenvalue weighted by molar-refractivity contribution is 0.0773. The Labute approximate surface area is 204 Å². The molecule has 0 saturated carbocycles. The van der Waals surface area contributed by atoms with Crippen molar-refractivity contribution in [2.75, 3.05) is 44.7 Å². The number of benzene rings is 2. The molecule has 3 aromatic rings. The molecule has 1 aliphatic rings. The van der Waals surface area contributed by atoms with Gasteiger partial charge in [-0.25, -0.2) is 0 Å². The number of aryl methyl sites for hydroxylation is 1. The van der Waals surface area contributed by atoms with E-state index in [2.05, 4.69) is 78.5 Å². The van der Waals surface area contributed by atoms with Crippen LogP contribution in [0.15, 0.2) is 54.6 Å². The standard InChI is InChI=1S/C29H38N4O/c1-6-31-16-18-32(19-17-31)27-23(3)28(29(34)30(5)20-25-13-8-7-9-14-25)33(24(27)4)21-26-15-11-10-12-22(26)2/h7-15H,6,16-21H2,1-5H3. The lowest BCUT2D eigenvalue weighted by Gasteiger charge is -2.36. The third-order valence-corrected chi connectivity index (χ3v) is 7.27. The Balaban J connectivity index is 1.72. The zero-order valence-electron chi connectivity index (χ0n) is 21.3. The minimum absolute atomic E-state index is 0.0801. The number of nitrogens with zero attached hydrogens (tertiary/aromatic N) is 4. The third kappa shape index (κ3) is 4.90. The van der Waals surface area contributed by atoms with Crippen LogP contribution in [0, 0.1) is 20.8 Å². The summed E-state index contributed by atoms with van der Waals surface area (Å²) >= 11 is 0. The van der Waals surface area contributed by atoms with E-state index in [1.807, 2.05) is 30.1 Å². The summed E-state index contributed by atoms with van der Waals surface area (Å²) in [6.45, 7) is 15.2. The van der Waals surface area contributed by atoms with E-state index in [1.165, 1.54) is 22.5 Å². The summed E-state index contributed by atoms with van der Waals surface area (Å²) < 4.78 is 2.25. The predicted molar refractivity (Wildman–Crippen MR) is 141 cm³/mol. The first-order valence-electron chi connectivity index (χ1n) is 12.4. The van der Waals surface area contributed by atoms with Crippen molar-refractivity contribution in [3.05, 3.63) is 88.2 Å². The van der Waals surface area contributed by atoms with Gasteiger partial charge in [0.1, 0.15) is 5.69 Å². The highest BCUT2D eigenvalue weighted by Crippen LogP contribution is 2.33. The molecule has 0 N–H and O–H groups in total. The summed E-state index contributed by atoms with van der Waals surface area (Å²) in [5.41, 5.74) is 7.97. The summed E-state index contributed by atoms with van der Waals surface area (Å²) in [6.07, 6.45) is 0. The van der Waals surface area contributed by atoms with Crippen molar-refractivity contribution in [1.29, 1.82) is 0 Å². The summed E-state index contributed by atoms with van der Waals surface area (Å²) in [6, 6.07) is 18.7. The molecule has 34 heavy (non-hydrogen) atoms. The van der Waals surface area contributed by atoms with E-state index in [-0.39, 0.29) is 5.91 Å². The Bertz CT molecular complexity index is 1130. The van der Waals surface area contributed by atoms with E-state index in [9.17, 15) is 4.79 Å². The van der Waals surface area contributed by atoms with Gasteiger partial charge in [0.15, 0.2) is 0 Å². The molecule has 5 nitrogen and oxygen atoms in total. The van der Waals surface area contributed by atoms with Gasteiger partial charge in [-0.3, -0.25) is 4.79 Å². The smallest absolute Gasteiger partial charge is 0.270 e. The number of piperazine rings is 1. The van der Waals surface area contributed by atoms with Gasteiger partial charge in [0.2, 0.25) is 0 Å². The summed E-state index contributed by atoms with van der Waals surface area (Å²) in [5.74, 6) is 0.0801. The molecule has 1 saturated heterocycles. The molecular formula is C29H38N4O. The molecule has 2 heterocycles. The topological polar surface area (TPSA) is 31.7 Å². The lowest BCUT2D eigenvalue weighted by Crippen LogP contribution is -2.46. The van der Waals surface area contributed by atoms with E-state index in [0.29, 0.717) is 13.1 Å². The molecule has 1 fully saturated rings. The molecule has 1 aliphatic heterocycles. The van der Waals surface area contributed by atoms with Crippen LogP contribution in [0.5, 0.6) is 0 Å². The summed E-state index contributed by atoms with van der Waals surface area (Å²) in [5, 5.41) is 0. The number of carbonyl (C=O) groups is 1. The van der Waals surface area contributed by atoms with Crippen molar-refractivity contribution in [1.82, 2.24) is 14.4 Å². The third-order valence-electron chi connectivity index (χ3n) is 7.27. The van der Waals surface area contributed by atoms with E-state index >= 15 is 0 Å². The molecule has 4 rings (SSSR count). The SMILES string of the molecule is CCN1CCN(c2c(C)c(C(=O)N(C)Cc3ccccc3)n(Cc3ccccc3C)c2C)CC1. The molecule has 0 atom stereocenters. The number of aromatic nitrogens is 1. The Morgan fingerprint density at radius 1 is 0.912 bits per heavy atom. The van der Waals surface area contributed by atoms with Crippen LogP contribution in [0.1, 0.15) is 45.4 Å². The van der Waals surface area contributed by atoms with Crippen LogP contribution in [-0.4, -0.2) is 60.0 Å². The Morgan fingerprint density at radius 3 is 2.21 bits per heavy atom. The monoisotopic (exact) mass is 458 g/mol. The Hall–Kier alpha value is -3.05. The van der Waals surface area contributed by atoms with Gasteiger partial charge in [-0.15, -0.1) is 0 Å². The van der Waals surface area contributed by atoms with E-state index in [4.69, 9.17) is 0 Å². The molecule has 180 valence electrons. The fourth-order valence-corrected chi connectivity index (χ4v) is 5.18. The number of amides is 1. The Kier molecular flexibility index (Phi) is 7.42. The number of carbonyl (C=O) groups excluding carboxylic acids is 1. The number of rotatable bonds is 7. The summed E-state index contributed by atoms with van der Waals surface area (Å²) in [4.78, 5) is 20.7. The molecule has 0 aliphatic carbocycles. The van der Waals surface area contributed by atoms with Gasteiger partial charge in [-0.1, -0.05) is 61.5 Å². The van der Waals surface area contributed by atoms with Crippen LogP contribution in [0.4, 0.5) is 5.69 Å². The number of anilines is 1. The van der Waals surface area contributed by atoms with Gasteiger partial charge >= 0.3 is 0 Å². The highest BCUT2D eigenvalue weighted by molar-refractivity contribution is 5.96. The normalized spacial score (nSPS) is 14.4. The number of hydrogen-bond acceptors (Lipinski definition) is 3. The summed E-state index contributed by atoms with van der Waals surface area (Å²) in [7, 11) is 1.91. The molecule has 0 radical (unpaired) electrons. The fourth-order valence-electron chi connectivity index (χ4n) is 5.18. The van der Waals surface area contributed by atoms with Crippen LogP contribution >= 0.6 is 0 Å². The predicted octanol–water partition coefficient (Wildman–Crippen LogP) is 4.88. The maximum absolute atomic E-state index is 13.9. The molecule has 1 aromatic heterocycles. The second-order valence-corrected chi connectivity index (χ2v) is 9.49. The van der Waals surface area contributed by atoms with E-state index in [1.54, 1.807) is 0 Å². The van der Waals surface area contributed by atoms with Crippen LogP contribution in [0.3, 0.4) is 0 Å². The zero-order chi connectivity index (χ0) is 24.2. The first-order chi connectivity index (χ1) is 16.4. The van der Waals surface area contributed by atoms with E-state index < -0.39 is 0 Å². The van der Waals surface area contributed by atoms with Gasteiger partial charge in [0, 0.05) is 57.6 Å². The van der Waals surface area contributed by atoms with Crippen molar-refractivity contribution >= 4 is 11.6 Å². The number of hydrogen-bond donors (Lipinski definition) is 0. The fraction of sp³-hybridized carbons (Fsp3) is 0.414. The maximum atomic E-state index is 13.9. The highest BCUT2D eigenvalue weighted by atomic mass is 16.2. The number of likely N-dealkylation sites (N-methyl/N-ethyl adjacent to an activating group) is 1. The lowest BCUT2D eigenvalue weighted by atomic mass is 10.1. The molecule has 5 heteroatoms. The van der Waals surface area contributed by atoms with Crippen LogP contribution < -0.4 is 4.90 Å². The molecule has 2 aromatic carbocycles. The molecule has 1 amide bonds. The first-order valence-corrected chi connectivity index (χ1v) is 12.4. The average Bonchev–Trinajstić information content (AvgIpc) is 3.09. The average molecular weight is 459 g/mol. The molecular weight excluding hydrogens is 420 g/mol. The van der Waals surface area contributed by atoms with Gasteiger partial charge in [-0.05, 0) is 44.0 Å². The molecule has 0 spiro atoms. The second kappa shape index (κ2) is 10.5. The first kappa shape index (κ1) is 24.1. The minimum Gasteiger partial charge on any atom is -0.367 e. The van der Waals surface area contributed by atoms with Crippen molar-refractivity contribution in [3.63, 3.8) is 0 Å². The van der Waals surface area contributed by atoms with Crippen molar-refractivity contribution in [2.24, 2.45) is 0 Å². The zero-order valence-corrected chi connectivity index (χ0v) is 21.3. The van der Waals surface area contributed by atoms with Gasteiger partial charge in [-0.2, -0.15) is 0 Å².